The zero-order valence-corrected chi connectivity index (χ0v) is 12.4. The lowest BCUT2D eigenvalue weighted by molar-refractivity contribution is -0.138. The van der Waals surface area contributed by atoms with Crippen LogP contribution in [-0.2, 0) is 9.59 Å². The van der Waals surface area contributed by atoms with E-state index in [-0.39, 0.29) is 24.9 Å². The average molecular weight is 330 g/mol. The van der Waals surface area contributed by atoms with Gasteiger partial charge in [0, 0.05) is 18.7 Å². The van der Waals surface area contributed by atoms with E-state index in [1.54, 1.807) is 18.2 Å². The van der Waals surface area contributed by atoms with Crippen LogP contribution in [0.15, 0.2) is 27.3 Å². The average Bonchev–Trinajstić information content (AvgIpc) is 2.72. The first-order valence-corrected chi connectivity index (χ1v) is 6.65. The molecule has 1 aromatic rings. The normalized spacial score (nSPS) is 11.2. The van der Waals surface area contributed by atoms with Gasteiger partial charge < -0.3 is 14.4 Å². The second-order valence-electron chi connectivity index (χ2n) is 4.24. The summed E-state index contributed by atoms with van der Waals surface area (Å²) in [7, 11) is 0. The van der Waals surface area contributed by atoms with Gasteiger partial charge in [-0.15, -0.1) is 0 Å². The lowest BCUT2D eigenvalue weighted by atomic mass is 10.2. The molecule has 1 aromatic heterocycles. The molecule has 0 fully saturated rings. The Bertz CT molecular complexity index is 479. The van der Waals surface area contributed by atoms with Crippen molar-refractivity contribution in [2.24, 2.45) is 0 Å². The topological polar surface area (TPSA) is 70.8 Å². The maximum absolute atomic E-state index is 12.0. The molecule has 1 rings (SSSR count). The first-order valence-electron chi connectivity index (χ1n) is 5.86. The summed E-state index contributed by atoms with van der Waals surface area (Å²) in [6.07, 6.45) is 2.88. The molecular weight excluding hydrogens is 314 g/mol. The summed E-state index contributed by atoms with van der Waals surface area (Å²) in [6.45, 7) is 3.88. The molecule has 1 N–H and O–H groups in total. The molecule has 0 saturated heterocycles. The molecule has 0 saturated carbocycles. The lowest BCUT2D eigenvalue weighted by Crippen LogP contribution is -2.37. The van der Waals surface area contributed by atoms with Crippen LogP contribution in [0.3, 0.4) is 0 Å². The Kier molecular flexibility index (Phi) is 5.82. The Morgan fingerprint density at radius 1 is 1.47 bits per heavy atom. The molecule has 0 aliphatic rings. The Labute approximate surface area is 120 Å². The second kappa shape index (κ2) is 7.13. The highest BCUT2D eigenvalue weighted by molar-refractivity contribution is 9.10. The Hall–Kier alpha value is -1.56. The molecule has 1 amide bonds. The van der Waals surface area contributed by atoms with Crippen molar-refractivity contribution < 1.29 is 19.1 Å². The fourth-order valence-corrected chi connectivity index (χ4v) is 1.83. The number of carbonyl (C=O) groups is 2. The minimum Gasteiger partial charge on any atom is -0.481 e. The van der Waals surface area contributed by atoms with Gasteiger partial charge in [-0.05, 0) is 48.0 Å². The molecule has 5 nitrogen and oxygen atoms in total. The first kappa shape index (κ1) is 15.5. The molecule has 1 heterocycles. The van der Waals surface area contributed by atoms with Crippen molar-refractivity contribution in [2.45, 2.75) is 26.3 Å². The van der Waals surface area contributed by atoms with E-state index in [0.717, 1.165) is 0 Å². The fraction of sp³-hybridized carbons (Fsp3) is 0.385. The summed E-state index contributed by atoms with van der Waals surface area (Å²) in [5.41, 5.74) is 0. The second-order valence-corrected chi connectivity index (χ2v) is 5.03. The van der Waals surface area contributed by atoms with Gasteiger partial charge in [0.2, 0.25) is 5.91 Å². The van der Waals surface area contributed by atoms with Crippen LogP contribution in [0.5, 0.6) is 0 Å². The van der Waals surface area contributed by atoms with Gasteiger partial charge in [0.25, 0.3) is 0 Å². The quantitative estimate of drug-likeness (QED) is 0.814. The summed E-state index contributed by atoms with van der Waals surface area (Å²) in [6, 6.07) is 3.40. The van der Waals surface area contributed by atoms with Crippen molar-refractivity contribution in [3.63, 3.8) is 0 Å². The Balaban J connectivity index is 2.66. The molecular formula is C13H16BrNO4. The van der Waals surface area contributed by atoms with Crippen LogP contribution in [-0.4, -0.2) is 34.5 Å². The highest BCUT2D eigenvalue weighted by Crippen LogP contribution is 2.15. The third-order valence-corrected chi connectivity index (χ3v) is 2.88. The van der Waals surface area contributed by atoms with Crippen molar-refractivity contribution in [1.29, 1.82) is 0 Å². The van der Waals surface area contributed by atoms with Crippen LogP contribution in [0.1, 0.15) is 26.0 Å². The fourth-order valence-electron chi connectivity index (χ4n) is 1.51. The van der Waals surface area contributed by atoms with Gasteiger partial charge in [0.15, 0.2) is 4.67 Å². The van der Waals surface area contributed by atoms with E-state index < -0.39 is 5.97 Å². The maximum atomic E-state index is 12.0. The number of amides is 1. The van der Waals surface area contributed by atoms with Crippen molar-refractivity contribution >= 4 is 33.9 Å². The van der Waals surface area contributed by atoms with Crippen LogP contribution in [0.2, 0.25) is 0 Å². The summed E-state index contributed by atoms with van der Waals surface area (Å²) in [5.74, 6) is -0.594. The monoisotopic (exact) mass is 329 g/mol. The molecule has 6 heteroatoms. The highest BCUT2D eigenvalue weighted by Gasteiger charge is 2.15. The largest absolute Gasteiger partial charge is 0.481 e. The Morgan fingerprint density at radius 2 is 2.16 bits per heavy atom. The number of hydrogen-bond donors (Lipinski definition) is 1. The van der Waals surface area contributed by atoms with Gasteiger partial charge in [-0.3, -0.25) is 9.59 Å². The molecule has 0 bridgehead atoms. The summed E-state index contributed by atoms with van der Waals surface area (Å²) in [5, 5.41) is 8.66. The number of rotatable bonds is 6. The van der Waals surface area contributed by atoms with E-state index >= 15 is 0 Å². The molecule has 0 unspecified atom stereocenters. The zero-order chi connectivity index (χ0) is 14.4. The van der Waals surface area contributed by atoms with Crippen molar-refractivity contribution in [1.82, 2.24) is 4.90 Å². The van der Waals surface area contributed by atoms with Gasteiger partial charge >= 0.3 is 5.97 Å². The van der Waals surface area contributed by atoms with E-state index in [4.69, 9.17) is 9.52 Å². The molecule has 0 spiro atoms. The number of nitrogens with zero attached hydrogens (tertiary/aromatic N) is 1. The number of halogens is 1. The van der Waals surface area contributed by atoms with E-state index in [0.29, 0.717) is 10.4 Å². The van der Waals surface area contributed by atoms with Crippen LogP contribution in [0.25, 0.3) is 6.08 Å². The standard InChI is InChI=1S/C13H16BrNO4/c1-9(2)15(8-7-13(17)18)12(16)6-4-10-3-5-11(14)19-10/h3-6,9H,7-8H2,1-2H3,(H,17,18)/b6-4+. The summed E-state index contributed by atoms with van der Waals surface area (Å²) in [4.78, 5) is 24.0. The predicted octanol–water partition coefficient (Wildman–Crippen LogP) is 2.77. The third-order valence-electron chi connectivity index (χ3n) is 2.46. The number of aliphatic carboxylic acids is 1. The molecule has 19 heavy (non-hydrogen) atoms. The van der Waals surface area contributed by atoms with Crippen LogP contribution in [0.4, 0.5) is 0 Å². The van der Waals surface area contributed by atoms with Gasteiger partial charge in [0.1, 0.15) is 5.76 Å². The minimum absolute atomic E-state index is 0.0557. The zero-order valence-electron chi connectivity index (χ0n) is 10.8. The van der Waals surface area contributed by atoms with Gasteiger partial charge in [-0.2, -0.15) is 0 Å². The number of carboxylic acids is 1. The van der Waals surface area contributed by atoms with E-state index in [1.165, 1.54) is 11.0 Å². The van der Waals surface area contributed by atoms with E-state index in [9.17, 15) is 9.59 Å². The summed E-state index contributed by atoms with van der Waals surface area (Å²) < 4.78 is 5.83. The maximum Gasteiger partial charge on any atom is 0.305 e. The number of furan rings is 1. The molecule has 0 radical (unpaired) electrons. The molecule has 0 aliphatic carbocycles. The van der Waals surface area contributed by atoms with Gasteiger partial charge in [0.05, 0.1) is 6.42 Å². The lowest BCUT2D eigenvalue weighted by Gasteiger charge is -2.24. The van der Waals surface area contributed by atoms with E-state index in [2.05, 4.69) is 15.9 Å². The SMILES string of the molecule is CC(C)N(CCC(=O)O)C(=O)/C=C/c1ccc(Br)o1. The Morgan fingerprint density at radius 3 is 2.63 bits per heavy atom. The van der Waals surface area contributed by atoms with E-state index in [1.807, 2.05) is 13.8 Å². The number of hydrogen-bond acceptors (Lipinski definition) is 3. The molecule has 0 aromatic carbocycles. The minimum atomic E-state index is -0.919. The molecule has 0 aliphatic heterocycles. The first-order chi connectivity index (χ1) is 8.90. The summed E-state index contributed by atoms with van der Waals surface area (Å²) >= 11 is 3.17. The van der Waals surface area contributed by atoms with Crippen LogP contribution in [0, 0.1) is 0 Å². The van der Waals surface area contributed by atoms with Gasteiger partial charge in [-0.25, -0.2) is 0 Å². The van der Waals surface area contributed by atoms with Crippen molar-refractivity contribution in [3.05, 3.63) is 28.6 Å². The molecule has 0 atom stereocenters. The molecule has 104 valence electrons. The highest BCUT2D eigenvalue weighted by atomic mass is 79.9. The van der Waals surface area contributed by atoms with Crippen LogP contribution < -0.4 is 0 Å². The predicted molar refractivity (Wildman–Crippen MR) is 74.5 cm³/mol. The van der Waals surface area contributed by atoms with Crippen molar-refractivity contribution in [3.8, 4) is 0 Å². The third kappa shape index (κ3) is 5.30. The number of carboxylic acid groups (broad SMARTS) is 1. The van der Waals surface area contributed by atoms with Crippen LogP contribution >= 0.6 is 15.9 Å². The van der Waals surface area contributed by atoms with Gasteiger partial charge in [-0.1, -0.05) is 0 Å². The van der Waals surface area contributed by atoms with Crippen molar-refractivity contribution in [2.75, 3.05) is 6.54 Å². The number of carbonyl (C=O) groups excluding carboxylic acids is 1. The smallest absolute Gasteiger partial charge is 0.305 e.